The summed E-state index contributed by atoms with van der Waals surface area (Å²) in [6.45, 7) is 3.46. The molecule has 1 N–H and O–H groups in total. The molecule has 0 saturated heterocycles. The molecule has 0 aliphatic heterocycles. The summed E-state index contributed by atoms with van der Waals surface area (Å²) in [7, 11) is 0. The number of halogens is 2. The van der Waals surface area contributed by atoms with E-state index in [0.717, 1.165) is 6.42 Å². The highest BCUT2D eigenvalue weighted by Gasteiger charge is 2.36. The zero-order valence-corrected chi connectivity index (χ0v) is 12.5. The Balaban J connectivity index is 2.99. The van der Waals surface area contributed by atoms with E-state index in [1.807, 2.05) is 6.92 Å². The second-order valence-corrected chi connectivity index (χ2v) is 4.68. The van der Waals surface area contributed by atoms with Gasteiger partial charge < -0.3 is 9.47 Å². The van der Waals surface area contributed by atoms with Crippen molar-refractivity contribution >= 4 is 5.97 Å². The molecule has 0 saturated carbocycles. The molecule has 0 aliphatic carbocycles. The van der Waals surface area contributed by atoms with E-state index in [-0.39, 0.29) is 12.4 Å². The number of benzene rings is 1. The van der Waals surface area contributed by atoms with Gasteiger partial charge in [-0.1, -0.05) is 19.1 Å². The lowest BCUT2D eigenvalue weighted by Gasteiger charge is -2.29. The van der Waals surface area contributed by atoms with Gasteiger partial charge in [-0.05, 0) is 44.5 Å². The van der Waals surface area contributed by atoms with Gasteiger partial charge in [-0.25, -0.2) is 4.79 Å². The summed E-state index contributed by atoms with van der Waals surface area (Å²) in [6, 6.07) is 5.98. The van der Waals surface area contributed by atoms with Crippen molar-refractivity contribution in [3.05, 3.63) is 29.8 Å². The summed E-state index contributed by atoms with van der Waals surface area (Å²) in [5.74, 6) is -0.351. The third-order valence-corrected chi connectivity index (χ3v) is 3.07. The number of carbonyl (C=O) groups excluding carboxylic acids is 1. The molecule has 1 atom stereocenters. The van der Waals surface area contributed by atoms with Crippen LogP contribution in [-0.2, 0) is 15.1 Å². The van der Waals surface area contributed by atoms with E-state index in [1.165, 1.54) is 12.1 Å². The van der Waals surface area contributed by atoms with Crippen molar-refractivity contribution in [1.29, 1.82) is 0 Å². The summed E-state index contributed by atoms with van der Waals surface area (Å²) in [5.41, 5.74) is -0.383. The molecule has 1 unspecified atom stereocenters. The molecule has 21 heavy (non-hydrogen) atoms. The second kappa shape index (κ2) is 7.93. The van der Waals surface area contributed by atoms with Crippen LogP contribution in [0.2, 0.25) is 0 Å². The van der Waals surface area contributed by atoms with Crippen LogP contribution in [-0.4, -0.2) is 25.7 Å². The molecule has 1 aromatic carbocycles. The third kappa shape index (κ3) is 4.67. The van der Waals surface area contributed by atoms with E-state index in [1.54, 1.807) is 26.0 Å². The minimum Gasteiger partial charge on any atom is -0.464 e. The van der Waals surface area contributed by atoms with E-state index in [4.69, 9.17) is 4.74 Å². The van der Waals surface area contributed by atoms with Gasteiger partial charge in [-0.3, -0.25) is 5.32 Å². The standard InChI is InChI=1S/C15H21F2NO3/c1-4-10-18-15(3,13(19)20-5-2)11-6-8-12(9-7-11)21-14(16)17/h6-9,14,18H,4-5,10H2,1-3H3. The van der Waals surface area contributed by atoms with Crippen molar-refractivity contribution in [1.82, 2.24) is 5.32 Å². The van der Waals surface area contributed by atoms with Crippen LogP contribution < -0.4 is 10.1 Å². The molecular weight excluding hydrogens is 280 g/mol. The number of alkyl halides is 2. The number of ether oxygens (including phenoxy) is 2. The van der Waals surface area contributed by atoms with Gasteiger partial charge in [0.1, 0.15) is 11.3 Å². The smallest absolute Gasteiger partial charge is 0.387 e. The molecule has 118 valence electrons. The maximum atomic E-state index is 12.2. The van der Waals surface area contributed by atoms with Crippen LogP contribution in [0.4, 0.5) is 8.78 Å². The maximum Gasteiger partial charge on any atom is 0.387 e. The van der Waals surface area contributed by atoms with Crippen molar-refractivity contribution in [2.24, 2.45) is 0 Å². The second-order valence-electron chi connectivity index (χ2n) is 4.68. The van der Waals surface area contributed by atoms with Gasteiger partial charge >= 0.3 is 12.6 Å². The number of esters is 1. The highest BCUT2D eigenvalue weighted by Crippen LogP contribution is 2.25. The first-order valence-electron chi connectivity index (χ1n) is 6.91. The molecule has 0 bridgehead atoms. The van der Waals surface area contributed by atoms with Crippen LogP contribution in [0.1, 0.15) is 32.8 Å². The Morgan fingerprint density at radius 3 is 2.38 bits per heavy atom. The van der Waals surface area contributed by atoms with Gasteiger partial charge in [-0.15, -0.1) is 0 Å². The van der Waals surface area contributed by atoms with E-state index < -0.39 is 18.1 Å². The molecule has 0 heterocycles. The van der Waals surface area contributed by atoms with Gasteiger partial charge in [0.25, 0.3) is 0 Å². The van der Waals surface area contributed by atoms with Crippen LogP contribution in [0, 0.1) is 0 Å². The zero-order chi connectivity index (χ0) is 15.9. The normalized spacial score (nSPS) is 13.8. The minimum absolute atomic E-state index is 0.0513. The first kappa shape index (κ1) is 17.4. The minimum atomic E-state index is -2.87. The molecule has 0 amide bonds. The fraction of sp³-hybridized carbons (Fsp3) is 0.533. The quantitative estimate of drug-likeness (QED) is 0.750. The van der Waals surface area contributed by atoms with E-state index in [2.05, 4.69) is 10.1 Å². The lowest BCUT2D eigenvalue weighted by atomic mass is 9.91. The Kier molecular flexibility index (Phi) is 6.55. The first-order valence-corrected chi connectivity index (χ1v) is 6.91. The predicted octanol–water partition coefficient (Wildman–Crippen LogP) is 3.07. The van der Waals surface area contributed by atoms with E-state index in [0.29, 0.717) is 12.1 Å². The van der Waals surface area contributed by atoms with Gasteiger partial charge in [0.15, 0.2) is 0 Å². The van der Waals surface area contributed by atoms with Gasteiger partial charge in [-0.2, -0.15) is 8.78 Å². The van der Waals surface area contributed by atoms with Crippen LogP contribution in [0.25, 0.3) is 0 Å². The summed E-state index contributed by atoms with van der Waals surface area (Å²) in [5, 5.41) is 3.14. The van der Waals surface area contributed by atoms with Crippen LogP contribution in [0.15, 0.2) is 24.3 Å². The van der Waals surface area contributed by atoms with Crippen molar-refractivity contribution in [3.63, 3.8) is 0 Å². The van der Waals surface area contributed by atoms with E-state index >= 15 is 0 Å². The average molecular weight is 301 g/mol. The number of nitrogens with one attached hydrogen (secondary N) is 1. The fourth-order valence-electron chi connectivity index (χ4n) is 1.91. The van der Waals surface area contributed by atoms with Crippen molar-refractivity contribution in [2.45, 2.75) is 39.3 Å². The first-order chi connectivity index (χ1) is 9.93. The number of hydrogen-bond donors (Lipinski definition) is 1. The zero-order valence-electron chi connectivity index (χ0n) is 12.5. The number of carbonyl (C=O) groups is 1. The molecule has 1 rings (SSSR count). The summed E-state index contributed by atoms with van der Waals surface area (Å²) in [6.07, 6.45) is 0.849. The Hall–Kier alpha value is -1.69. The Bertz CT molecular complexity index is 451. The van der Waals surface area contributed by atoms with Gasteiger partial charge in [0.2, 0.25) is 0 Å². The molecule has 4 nitrogen and oxygen atoms in total. The Morgan fingerprint density at radius 1 is 1.29 bits per heavy atom. The van der Waals surface area contributed by atoms with Gasteiger partial charge in [0, 0.05) is 0 Å². The monoisotopic (exact) mass is 301 g/mol. The Morgan fingerprint density at radius 2 is 1.90 bits per heavy atom. The third-order valence-electron chi connectivity index (χ3n) is 3.07. The van der Waals surface area contributed by atoms with E-state index in [9.17, 15) is 13.6 Å². The molecule has 0 fully saturated rings. The predicted molar refractivity (Wildman–Crippen MR) is 75.4 cm³/mol. The number of rotatable bonds is 8. The molecule has 6 heteroatoms. The molecule has 1 aromatic rings. The molecule has 0 aromatic heterocycles. The molecule has 0 radical (unpaired) electrons. The highest BCUT2D eigenvalue weighted by molar-refractivity contribution is 5.82. The Labute approximate surface area is 123 Å². The SMILES string of the molecule is CCCNC(C)(C(=O)OCC)c1ccc(OC(F)F)cc1. The average Bonchev–Trinajstić information content (AvgIpc) is 2.45. The highest BCUT2D eigenvalue weighted by atomic mass is 19.3. The lowest BCUT2D eigenvalue weighted by Crippen LogP contribution is -2.48. The summed E-state index contributed by atoms with van der Waals surface area (Å²) < 4.78 is 33.7. The van der Waals surface area contributed by atoms with Crippen LogP contribution >= 0.6 is 0 Å². The molecule has 0 spiro atoms. The van der Waals surface area contributed by atoms with Crippen LogP contribution in [0.3, 0.4) is 0 Å². The fourth-order valence-corrected chi connectivity index (χ4v) is 1.91. The number of hydrogen-bond acceptors (Lipinski definition) is 4. The maximum absolute atomic E-state index is 12.2. The van der Waals surface area contributed by atoms with Gasteiger partial charge in [0.05, 0.1) is 6.61 Å². The summed E-state index contributed by atoms with van der Waals surface area (Å²) in [4.78, 5) is 12.2. The summed E-state index contributed by atoms with van der Waals surface area (Å²) >= 11 is 0. The topological polar surface area (TPSA) is 47.6 Å². The lowest BCUT2D eigenvalue weighted by molar-refractivity contribution is -0.151. The molecule has 0 aliphatic rings. The van der Waals surface area contributed by atoms with Crippen LogP contribution in [0.5, 0.6) is 5.75 Å². The molecular formula is C15H21F2NO3. The largest absolute Gasteiger partial charge is 0.464 e. The van der Waals surface area contributed by atoms with Crippen molar-refractivity contribution in [2.75, 3.05) is 13.2 Å². The van der Waals surface area contributed by atoms with Crippen molar-refractivity contribution in [3.8, 4) is 5.75 Å². The van der Waals surface area contributed by atoms with Crippen molar-refractivity contribution < 1.29 is 23.0 Å².